The number of Topliss-reactive ketones (excluding diaryl/α,β-unsaturated/α-hetero) is 1. The van der Waals surface area contributed by atoms with Crippen LogP contribution in [0.2, 0.25) is 0 Å². The van der Waals surface area contributed by atoms with E-state index in [1.54, 1.807) is 27.9 Å². The average Bonchev–Trinajstić information content (AvgIpc) is 3.41. The third kappa shape index (κ3) is 6.29. The molecule has 0 spiro atoms. The molecule has 8 heteroatoms. The first-order valence-electron chi connectivity index (χ1n) is 13.6. The SMILES string of the molecule is COCc1cc(-c2ccccc2)c2c(C)c1C(C(=O)CC(=O)OC(C)(C)C)OCCc1cccc(c1)-c1noc-2n1. The number of esters is 1. The molecule has 0 fully saturated rings. The molecule has 0 saturated heterocycles. The van der Waals surface area contributed by atoms with Gasteiger partial charge in [0, 0.05) is 12.7 Å². The molecule has 2 heterocycles. The minimum Gasteiger partial charge on any atom is -0.460 e. The molecule has 4 aromatic rings. The third-order valence-corrected chi connectivity index (χ3v) is 6.89. The highest BCUT2D eigenvalue weighted by molar-refractivity contribution is 5.99. The molecule has 0 radical (unpaired) electrons. The van der Waals surface area contributed by atoms with Crippen LogP contribution in [0.15, 0.2) is 65.2 Å². The zero-order valence-electron chi connectivity index (χ0n) is 24.0. The van der Waals surface area contributed by atoms with Crippen LogP contribution in [0.3, 0.4) is 0 Å². The van der Waals surface area contributed by atoms with Crippen LogP contribution >= 0.6 is 0 Å². The highest BCUT2D eigenvalue weighted by Gasteiger charge is 2.33. The summed E-state index contributed by atoms with van der Waals surface area (Å²) in [5.41, 5.74) is 5.73. The second kappa shape index (κ2) is 11.8. The average molecular weight is 555 g/mol. The fourth-order valence-corrected chi connectivity index (χ4v) is 5.22. The lowest BCUT2D eigenvalue weighted by atomic mass is 9.85. The number of ketones is 1. The van der Waals surface area contributed by atoms with Crippen molar-refractivity contribution in [1.29, 1.82) is 0 Å². The number of nitrogens with zero attached hydrogens (tertiary/aromatic N) is 2. The molecule has 0 N–H and O–H groups in total. The summed E-state index contributed by atoms with van der Waals surface area (Å²) >= 11 is 0. The van der Waals surface area contributed by atoms with Gasteiger partial charge >= 0.3 is 5.97 Å². The van der Waals surface area contributed by atoms with E-state index in [0.29, 0.717) is 29.3 Å². The second-order valence-corrected chi connectivity index (χ2v) is 11.1. The first-order valence-corrected chi connectivity index (χ1v) is 13.6. The number of carbonyl (C=O) groups excluding carboxylic acids is 2. The minimum absolute atomic E-state index is 0.228. The van der Waals surface area contributed by atoms with Gasteiger partial charge in [0.1, 0.15) is 18.1 Å². The van der Waals surface area contributed by atoms with Crippen molar-refractivity contribution >= 4 is 11.8 Å². The number of hydrogen-bond donors (Lipinski definition) is 0. The van der Waals surface area contributed by atoms with Crippen molar-refractivity contribution < 1.29 is 28.3 Å². The van der Waals surface area contributed by atoms with Gasteiger partial charge in [-0.2, -0.15) is 4.98 Å². The molecule has 6 bridgehead atoms. The normalized spacial score (nSPS) is 14.9. The summed E-state index contributed by atoms with van der Waals surface area (Å²) in [6, 6.07) is 19.7. The van der Waals surface area contributed by atoms with Crippen LogP contribution in [0.1, 0.15) is 55.5 Å². The van der Waals surface area contributed by atoms with Crippen molar-refractivity contribution in [3.63, 3.8) is 0 Å². The summed E-state index contributed by atoms with van der Waals surface area (Å²) in [5.74, 6) is -0.201. The summed E-state index contributed by atoms with van der Waals surface area (Å²) in [5, 5.41) is 4.30. The molecule has 8 nitrogen and oxygen atoms in total. The maximum absolute atomic E-state index is 13.8. The first kappa shape index (κ1) is 28.4. The molecule has 1 aliphatic heterocycles. The molecule has 1 aromatic heterocycles. The molecular weight excluding hydrogens is 520 g/mol. The van der Waals surface area contributed by atoms with E-state index in [1.807, 2.05) is 67.6 Å². The molecule has 3 aromatic carbocycles. The molecule has 41 heavy (non-hydrogen) atoms. The van der Waals surface area contributed by atoms with Gasteiger partial charge < -0.3 is 18.7 Å². The first-order chi connectivity index (χ1) is 19.6. The third-order valence-electron chi connectivity index (χ3n) is 6.89. The number of ether oxygens (including phenoxy) is 3. The van der Waals surface area contributed by atoms with Crippen molar-refractivity contribution in [1.82, 2.24) is 10.1 Å². The molecule has 0 aliphatic carbocycles. The zero-order valence-corrected chi connectivity index (χ0v) is 24.0. The monoisotopic (exact) mass is 554 g/mol. The number of fused-ring (bicyclic) bond motifs is 8. The molecule has 1 unspecified atom stereocenters. The van der Waals surface area contributed by atoms with Gasteiger partial charge in [-0.3, -0.25) is 9.59 Å². The molecular formula is C33H34N2O6. The van der Waals surface area contributed by atoms with Gasteiger partial charge in [0.2, 0.25) is 5.82 Å². The van der Waals surface area contributed by atoms with Gasteiger partial charge in [0.25, 0.3) is 5.89 Å². The fraction of sp³-hybridized carbons (Fsp3) is 0.333. The van der Waals surface area contributed by atoms with E-state index >= 15 is 0 Å². The Morgan fingerprint density at radius 2 is 1.78 bits per heavy atom. The Kier molecular flexibility index (Phi) is 8.15. The number of hydrogen-bond acceptors (Lipinski definition) is 8. The van der Waals surface area contributed by atoms with Gasteiger partial charge in [-0.1, -0.05) is 53.7 Å². The minimum atomic E-state index is -1.04. The van der Waals surface area contributed by atoms with Crippen LogP contribution in [-0.4, -0.2) is 41.2 Å². The number of carbonyl (C=O) groups is 2. The summed E-state index contributed by atoms with van der Waals surface area (Å²) < 4.78 is 23.3. The van der Waals surface area contributed by atoms with Crippen molar-refractivity contribution in [2.75, 3.05) is 13.7 Å². The topological polar surface area (TPSA) is 101 Å². The van der Waals surface area contributed by atoms with Gasteiger partial charge in [0.15, 0.2) is 5.78 Å². The van der Waals surface area contributed by atoms with E-state index in [2.05, 4.69) is 5.16 Å². The molecule has 212 valence electrons. The standard InChI is InChI=1S/C33H34N2O6/c1-20-28-24(19-38-5)17-25(22-11-7-6-8-12-22)29(20)32-34-31(35-41-32)23-13-9-10-21(16-23)14-15-39-30(28)26(36)18-27(37)40-33(2,3)4/h6-13,16-17,30H,14-15,18-19H2,1-5H3. The van der Waals surface area contributed by atoms with Gasteiger partial charge in [0.05, 0.1) is 18.8 Å². The summed E-state index contributed by atoms with van der Waals surface area (Å²) in [6.45, 7) is 7.71. The van der Waals surface area contributed by atoms with E-state index < -0.39 is 29.9 Å². The van der Waals surface area contributed by atoms with Crippen molar-refractivity contribution in [2.24, 2.45) is 0 Å². The Hall–Kier alpha value is -4.14. The number of aromatic nitrogens is 2. The highest BCUT2D eigenvalue weighted by Crippen LogP contribution is 2.42. The quantitative estimate of drug-likeness (QED) is 0.198. The zero-order chi connectivity index (χ0) is 29.1. The molecule has 5 rings (SSSR count). The summed E-state index contributed by atoms with van der Waals surface area (Å²) in [6.07, 6.45) is -0.922. The lowest BCUT2D eigenvalue weighted by Crippen LogP contribution is -2.28. The van der Waals surface area contributed by atoms with Crippen LogP contribution in [0, 0.1) is 6.92 Å². The van der Waals surface area contributed by atoms with E-state index in [-0.39, 0.29) is 13.2 Å². The Bertz CT molecular complexity index is 1570. The van der Waals surface area contributed by atoms with E-state index in [1.165, 1.54) is 0 Å². The Balaban J connectivity index is 1.73. The fourth-order valence-electron chi connectivity index (χ4n) is 5.22. The molecule has 1 atom stereocenters. The largest absolute Gasteiger partial charge is 0.460 e. The van der Waals surface area contributed by atoms with Crippen molar-refractivity contribution in [3.05, 3.63) is 82.9 Å². The number of benzene rings is 3. The molecule has 1 aliphatic rings. The summed E-state index contributed by atoms with van der Waals surface area (Å²) in [4.78, 5) is 31.4. The van der Waals surface area contributed by atoms with Crippen LogP contribution in [0.25, 0.3) is 34.0 Å². The second-order valence-electron chi connectivity index (χ2n) is 11.1. The van der Waals surface area contributed by atoms with Gasteiger partial charge in [-0.05, 0) is 79.6 Å². The highest BCUT2D eigenvalue weighted by atomic mass is 16.6. The lowest BCUT2D eigenvalue weighted by molar-refractivity contribution is -0.158. The van der Waals surface area contributed by atoms with Gasteiger partial charge in [-0.15, -0.1) is 0 Å². The van der Waals surface area contributed by atoms with Crippen LogP contribution in [-0.2, 0) is 36.8 Å². The summed E-state index contributed by atoms with van der Waals surface area (Å²) in [7, 11) is 1.60. The van der Waals surface area contributed by atoms with Crippen molar-refractivity contribution in [3.8, 4) is 34.0 Å². The maximum Gasteiger partial charge on any atom is 0.313 e. The van der Waals surface area contributed by atoms with Crippen molar-refractivity contribution in [2.45, 2.75) is 58.8 Å². The molecule has 0 saturated carbocycles. The van der Waals surface area contributed by atoms with Gasteiger partial charge in [-0.25, -0.2) is 0 Å². The maximum atomic E-state index is 13.8. The van der Waals surface area contributed by atoms with E-state index in [4.69, 9.17) is 23.7 Å². The van der Waals surface area contributed by atoms with Crippen LogP contribution in [0.4, 0.5) is 0 Å². The van der Waals surface area contributed by atoms with Crippen LogP contribution in [0.5, 0.6) is 0 Å². The number of rotatable bonds is 6. The molecule has 0 amide bonds. The van der Waals surface area contributed by atoms with Crippen LogP contribution < -0.4 is 0 Å². The Morgan fingerprint density at radius 1 is 1.02 bits per heavy atom. The Morgan fingerprint density at radius 3 is 2.51 bits per heavy atom. The predicted molar refractivity (Wildman–Crippen MR) is 154 cm³/mol. The Labute approximate surface area is 239 Å². The van der Waals surface area contributed by atoms with E-state index in [9.17, 15) is 9.59 Å². The predicted octanol–water partition coefficient (Wildman–Crippen LogP) is 6.44. The smallest absolute Gasteiger partial charge is 0.313 e. The lowest BCUT2D eigenvalue weighted by Gasteiger charge is -2.26. The van der Waals surface area contributed by atoms with E-state index in [0.717, 1.165) is 33.4 Å². The number of methoxy groups -OCH3 is 1.